The van der Waals surface area contributed by atoms with Crippen molar-refractivity contribution < 1.29 is 23.5 Å². The lowest BCUT2D eigenvalue weighted by Crippen LogP contribution is -2.52. The molecule has 0 aliphatic carbocycles. The molecule has 3 amide bonds. The quantitative estimate of drug-likeness (QED) is 0.630. The number of benzene rings is 1. The lowest BCUT2D eigenvalue weighted by molar-refractivity contribution is -0.137. The standard InChI is InChI=1S/C25H36FN5O4/c1-18-17-31(21-5-3-19(26)4-6-21)14-13-29(18)10-7-20-15-25(23(33)28-20)8-11-30(12-9-25)22(32)16-27-24(34)35-2/h3-6,18,20H,7-17H2,1-2H3,(H,27,34)(H,28,33)/t18-,20+/m1/s1. The number of ether oxygens (including phenoxy) is 1. The fourth-order valence-corrected chi connectivity index (χ4v) is 5.61. The van der Waals surface area contributed by atoms with Crippen molar-refractivity contribution in [1.82, 2.24) is 20.4 Å². The largest absolute Gasteiger partial charge is 0.453 e. The predicted molar refractivity (Wildman–Crippen MR) is 129 cm³/mol. The summed E-state index contributed by atoms with van der Waals surface area (Å²) in [5.74, 6) is -0.268. The van der Waals surface area contributed by atoms with Crippen molar-refractivity contribution in [2.24, 2.45) is 5.41 Å². The summed E-state index contributed by atoms with van der Waals surface area (Å²) in [4.78, 5) is 42.9. The molecule has 0 unspecified atom stereocenters. The first-order valence-electron chi connectivity index (χ1n) is 12.4. The van der Waals surface area contributed by atoms with Crippen molar-refractivity contribution in [3.8, 4) is 0 Å². The van der Waals surface area contributed by atoms with E-state index in [0.29, 0.717) is 32.0 Å². The Morgan fingerprint density at radius 3 is 2.54 bits per heavy atom. The zero-order valence-electron chi connectivity index (χ0n) is 20.6. The maximum atomic E-state index is 13.2. The van der Waals surface area contributed by atoms with Crippen molar-refractivity contribution >= 4 is 23.6 Å². The molecule has 3 fully saturated rings. The van der Waals surface area contributed by atoms with Gasteiger partial charge >= 0.3 is 6.09 Å². The second-order valence-electron chi connectivity index (χ2n) is 9.98. The molecule has 4 rings (SSSR count). The summed E-state index contributed by atoms with van der Waals surface area (Å²) >= 11 is 0. The van der Waals surface area contributed by atoms with Crippen LogP contribution in [0.5, 0.6) is 0 Å². The van der Waals surface area contributed by atoms with Gasteiger partial charge in [0.25, 0.3) is 0 Å². The van der Waals surface area contributed by atoms with Crippen molar-refractivity contribution in [2.45, 2.75) is 44.7 Å². The van der Waals surface area contributed by atoms with Gasteiger partial charge in [-0.25, -0.2) is 9.18 Å². The van der Waals surface area contributed by atoms with Crippen LogP contribution in [0.25, 0.3) is 0 Å². The van der Waals surface area contributed by atoms with Crippen LogP contribution in [0.1, 0.15) is 32.6 Å². The SMILES string of the molecule is COC(=O)NCC(=O)N1CCC2(CC1)C[C@H](CCN1CCN(c3ccc(F)cc3)C[C@H]1C)NC2=O. The van der Waals surface area contributed by atoms with Crippen LogP contribution in [0.4, 0.5) is 14.9 Å². The van der Waals surface area contributed by atoms with E-state index in [1.54, 1.807) is 4.90 Å². The van der Waals surface area contributed by atoms with Gasteiger partial charge in [-0.05, 0) is 56.9 Å². The zero-order valence-corrected chi connectivity index (χ0v) is 20.6. The summed E-state index contributed by atoms with van der Waals surface area (Å²) in [6, 6.07) is 7.19. The van der Waals surface area contributed by atoms with Gasteiger partial charge in [-0.15, -0.1) is 0 Å². The van der Waals surface area contributed by atoms with Crippen LogP contribution < -0.4 is 15.5 Å². The average Bonchev–Trinajstić information content (AvgIpc) is 3.16. The Hall–Kier alpha value is -2.88. The molecule has 10 heteroatoms. The maximum Gasteiger partial charge on any atom is 0.407 e. The molecule has 1 aromatic carbocycles. The first-order chi connectivity index (χ1) is 16.8. The molecule has 2 atom stereocenters. The van der Waals surface area contributed by atoms with E-state index in [1.165, 1.54) is 19.2 Å². The van der Waals surface area contributed by atoms with Crippen molar-refractivity contribution in [1.29, 1.82) is 0 Å². The summed E-state index contributed by atoms with van der Waals surface area (Å²) in [5, 5.41) is 5.63. The molecule has 2 N–H and O–H groups in total. The van der Waals surface area contributed by atoms with Crippen molar-refractivity contribution in [3.63, 3.8) is 0 Å². The smallest absolute Gasteiger partial charge is 0.407 e. The van der Waals surface area contributed by atoms with Gasteiger partial charge in [0.15, 0.2) is 0 Å². The number of likely N-dealkylation sites (tertiary alicyclic amines) is 1. The molecule has 3 heterocycles. The minimum Gasteiger partial charge on any atom is -0.453 e. The first kappa shape index (κ1) is 25.2. The summed E-state index contributed by atoms with van der Waals surface area (Å²) in [6.45, 7) is 6.79. The highest BCUT2D eigenvalue weighted by Crippen LogP contribution is 2.41. The molecule has 3 saturated heterocycles. The van der Waals surface area contributed by atoms with Crippen LogP contribution in [0.15, 0.2) is 24.3 Å². The number of piperidine rings is 1. The number of nitrogens with zero attached hydrogens (tertiary/aromatic N) is 3. The normalized spacial score (nSPS) is 24.4. The lowest BCUT2D eigenvalue weighted by Gasteiger charge is -2.41. The number of hydrogen-bond donors (Lipinski definition) is 2. The molecule has 9 nitrogen and oxygen atoms in total. The molecular formula is C25H36FN5O4. The minimum absolute atomic E-state index is 0.0961. The van der Waals surface area contributed by atoms with Crippen LogP contribution >= 0.6 is 0 Å². The molecule has 0 bridgehead atoms. The topological polar surface area (TPSA) is 94.2 Å². The third-order valence-corrected chi connectivity index (χ3v) is 7.82. The second-order valence-corrected chi connectivity index (χ2v) is 9.98. The van der Waals surface area contributed by atoms with Gasteiger partial charge in [-0.2, -0.15) is 0 Å². The number of carbonyl (C=O) groups excluding carboxylic acids is 3. The number of amides is 3. The zero-order chi connectivity index (χ0) is 25.0. The third-order valence-electron chi connectivity index (χ3n) is 7.82. The molecule has 3 aliphatic heterocycles. The van der Waals surface area contributed by atoms with Gasteiger partial charge in [0.2, 0.25) is 11.8 Å². The third kappa shape index (κ3) is 5.86. The monoisotopic (exact) mass is 489 g/mol. The summed E-state index contributed by atoms with van der Waals surface area (Å²) in [5.41, 5.74) is 0.651. The molecule has 3 aliphatic rings. The summed E-state index contributed by atoms with van der Waals surface area (Å²) in [6.07, 6.45) is 2.37. The Morgan fingerprint density at radius 1 is 1.17 bits per heavy atom. The Balaban J connectivity index is 1.22. The number of carbonyl (C=O) groups is 3. The fraction of sp³-hybridized carbons (Fsp3) is 0.640. The molecule has 192 valence electrons. The van der Waals surface area contributed by atoms with E-state index >= 15 is 0 Å². The van der Waals surface area contributed by atoms with Gasteiger partial charge in [0.05, 0.1) is 12.5 Å². The number of methoxy groups -OCH3 is 1. The number of nitrogens with one attached hydrogen (secondary N) is 2. The summed E-state index contributed by atoms with van der Waals surface area (Å²) in [7, 11) is 1.26. The predicted octanol–water partition coefficient (Wildman–Crippen LogP) is 1.58. The average molecular weight is 490 g/mol. The van der Waals surface area contributed by atoms with Gasteiger partial charge in [0, 0.05) is 57.0 Å². The van der Waals surface area contributed by atoms with E-state index < -0.39 is 11.5 Å². The molecule has 0 saturated carbocycles. The number of hydrogen-bond acceptors (Lipinski definition) is 6. The highest BCUT2D eigenvalue weighted by Gasteiger charge is 2.48. The van der Waals surface area contributed by atoms with E-state index in [1.807, 2.05) is 12.1 Å². The van der Waals surface area contributed by atoms with Gasteiger partial charge < -0.3 is 25.2 Å². The summed E-state index contributed by atoms with van der Waals surface area (Å²) < 4.78 is 17.7. The molecular weight excluding hydrogens is 453 g/mol. The van der Waals surface area contributed by atoms with Gasteiger partial charge in [-0.1, -0.05) is 0 Å². The lowest BCUT2D eigenvalue weighted by atomic mass is 9.75. The molecule has 1 spiro atoms. The van der Waals surface area contributed by atoms with Crippen molar-refractivity contribution in [3.05, 3.63) is 30.1 Å². The highest BCUT2D eigenvalue weighted by molar-refractivity contribution is 5.86. The second kappa shape index (κ2) is 10.8. The van der Waals surface area contributed by atoms with Crippen LogP contribution in [-0.4, -0.2) is 92.7 Å². The Morgan fingerprint density at radius 2 is 1.89 bits per heavy atom. The van der Waals surface area contributed by atoms with Crippen LogP contribution in [-0.2, 0) is 14.3 Å². The minimum atomic E-state index is -0.629. The number of anilines is 1. The maximum absolute atomic E-state index is 13.2. The first-order valence-corrected chi connectivity index (χ1v) is 12.4. The van der Waals surface area contributed by atoms with E-state index in [0.717, 1.165) is 44.7 Å². The van der Waals surface area contributed by atoms with E-state index in [4.69, 9.17) is 0 Å². The molecule has 1 aromatic rings. The molecule has 35 heavy (non-hydrogen) atoms. The van der Waals surface area contributed by atoms with E-state index in [2.05, 4.69) is 32.1 Å². The Bertz CT molecular complexity index is 919. The van der Waals surface area contributed by atoms with E-state index in [-0.39, 0.29) is 30.2 Å². The number of rotatable bonds is 6. The fourth-order valence-electron chi connectivity index (χ4n) is 5.61. The number of piperazine rings is 1. The Kier molecular flexibility index (Phi) is 7.78. The number of halogens is 1. The van der Waals surface area contributed by atoms with Crippen LogP contribution in [0.3, 0.4) is 0 Å². The number of alkyl carbamates (subject to hydrolysis) is 1. The molecule has 0 radical (unpaired) electrons. The van der Waals surface area contributed by atoms with E-state index in [9.17, 15) is 18.8 Å². The highest BCUT2D eigenvalue weighted by atomic mass is 19.1. The van der Waals surface area contributed by atoms with Crippen LogP contribution in [0, 0.1) is 11.2 Å². The van der Waals surface area contributed by atoms with Crippen LogP contribution in [0.2, 0.25) is 0 Å². The molecule has 0 aromatic heterocycles. The van der Waals surface area contributed by atoms with Crippen molar-refractivity contribution in [2.75, 3.05) is 57.8 Å². The van der Waals surface area contributed by atoms with Gasteiger partial charge in [-0.3, -0.25) is 14.5 Å². The van der Waals surface area contributed by atoms with Gasteiger partial charge in [0.1, 0.15) is 12.4 Å². The Labute approximate surface area is 205 Å².